The van der Waals surface area contributed by atoms with Crippen LogP contribution < -0.4 is 5.56 Å². The van der Waals surface area contributed by atoms with Crippen LogP contribution in [0.5, 0.6) is 5.75 Å². The second-order valence-electron chi connectivity index (χ2n) is 5.26. The molecule has 0 aromatic carbocycles. The van der Waals surface area contributed by atoms with Crippen molar-refractivity contribution in [2.24, 2.45) is 0 Å². The number of aryl methyl sites for hydroxylation is 1. The lowest BCUT2D eigenvalue weighted by atomic mass is 9.92. The molecule has 3 aromatic rings. The van der Waals surface area contributed by atoms with Gasteiger partial charge < -0.3 is 14.8 Å². The van der Waals surface area contributed by atoms with Gasteiger partial charge in [-0.25, -0.2) is 4.98 Å². The number of hydrogen-bond acceptors (Lipinski definition) is 6. The van der Waals surface area contributed by atoms with Crippen LogP contribution in [-0.2, 0) is 9.53 Å². The van der Waals surface area contributed by atoms with Gasteiger partial charge in [0.25, 0.3) is 5.56 Å². The molecule has 0 spiro atoms. The van der Waals surface area contributed by atoms with E-state index >= 15 is 0 Å². The highest BCUT2D eigenvalue weighted by Crippen LogP contribution is 2.36. The van der Waals surface area contributed by atoms with Gasteiger partial charge in [-0.05, 0) is 13.0 Å². The zero-order valence-corrected chi connectivity index (χ0v) is 14.4. The number of thiazole rings is 1. The predicted octanol–water partition coefficient (Wildman–Crippen LogP) is 2.45. The van der Waals surface area contributed by atoms with Crippen molar-refractivity contribution in [3.63, 3.8) is 0 Å². The Morgan fingerprint density at radius 3 is 3.00 bits per heavy atom. The van der Waals surface area contributed by atoms with Crippen molar-refractivity contribution in [3.8, 4) is 5.75 Å². The maximum Gasteiger partial charge on any atom is 0.306 e. The summed E-state index contributed by atoms with van der Waals surface area (Å²) in [5, 5.41) is 12.3. The third-order valence-corrected chi connectivity index (χ3v) is 4.75. The zero-order chi connectivity index (χ0) is 17.4. The monoisotopic (exact) mass is 367 g/mol. The number of ether oxygens (including phenoxy) is 1. The van der Waals surface area contributed by atoms with Gasteiger partial charge in [0, 0.05) is 23.2 Å². The van der Waals surface area contributed by atoms with E-state index < -0.39 is 17.4 Å². The Balaban J connectivity index is 2.25. The van der Waals surface area contributed by atoms with E-state index in [2.05, 4.69) is 9.97 Å². The quantitative estimate of drug-likeness (QED) is 0.690. The molecule has 0 fully saturated rings. The molecule has 9 heteroatoms. The van der Waals surface area contributed by atoms with Crippen LogP contribution >= 0.6 is 22.9 Å². The summed E-state index contributed by atoms with van der Waals surface area (Å²) < 4.78 is 6.44. The van der Waals surface area contributed by atoms with E-state index in [4.69, 9.17) is 16.3 Å². The van der Waals surface area contributed by atoms with E-state index in [9.17, 15) is 14.7 Å². The summed E-state index contributed by atoms with van der Waals surface area (Å²) >= 11 is 7.62. The van der Waals surface area contributed by atoms with E-state index in [1.807, 2.05) is 5.38 Å². The molecule has 3 rings (SSSR count). The highest BCUT2D eigenvalue weighted by atomic mass is 35.5. The summed E-state index contributed by atoms with van der Waals surface area (Å²) in [5.74, 6) is -1.52. The number of carbonyl (C=O) groups excluding carboxylic acids is 1. The van der Waals surface area contributed by atoms with Gasteiger partial charge in [0.1, 0.15) is 5.75 Å². The Morgan fingerprint density at radius 1 is 1.58 bits per heavy atom. The number of pyridine rings is 1. The molecule has 0 aliphatic rings. The van der Waals surface area contributed by atoms with Gasteiger partial charge in [-0.15, -0.1) is 11.3 Å². The van der Waals surface area contributed by atoms with E-state index in [0.29, 0.717) is 16.3 Å². The minimum absolute atomic E-state index is 0.0564. The molecule has 3 aromatic heterocycles. The first kappa shape index (κ1) is 16.5. The Morgan fingerprint density at radius 2 is 2.33 bits per heavy atom. The van der Waals surface area contributed by atoms with Gasteiger partial charge in [-0.3, -0.25) is 14.0 Å². The SMILES string of the molecule is COC(=O)C[C@@H](c1c(O)cc(C)[nH]c1=O)c1c(Cl)nc2sccn12. The largest absolute Gasteiger partial charge is 0.507 e. The van der Waals surface area contributed by atoms with Crippen molar-refractivity contribution in [3.05, 3.63) is 50.1 Å². The number of imidazole rings is 1. The molecular formula is C15H14ClN3O4S. The smallest absolute Gasteiger partial charge is 0.306 e. The minimum Gasteiger partial charge on any atom is -0.507 e. The average Bonchev–Trinajstić information content (AvgIpc) is 3.05. The van der Waals surface area contributed by atoms with Crippen molar-refractivity contribution >= 4 is 33.9 Å². The summed E-state index contributed by atoms with van der Waals surface area (Å²) in [4.78, 5) is 31.8. The first-order valence-corrected chi connectivity index (χ1v) is 8.28. The van der Waals surface area contributed by atoms with Gasteiger partial charge in [-0.2, -0.15) is 0 Å². The number of halogens is 1. The lowest BCUT2D eigenvalue weighted by molar-refractivity contribution is -0.140. The molecule has 0 aliphatic heterocycles. The standard InChI is InChI=1S/C15H14ClN3O4S/c1-7-5-9(20)11(14(22)17-7)8(6-10(21)23-2)12-13(16)18-15-19(12)3-4-24-15/h3-5,8H,6H2,1-2H3,(H2,17,20,22)/t8-/m0/s1. The van der Waals surface area contributed by atoms with E-state index in [1.54, 1.807) is 17.5 Å². The van der Waals surface area contributed by atoms with Crippen LogP contribution in [-0.4, -0.2) is 32.6 Å². The Bertz CT molecular complexity index is 975. The van der Waals surface area contributed by atoms with Crippen molar-refractivity contribution in [1.82, 2.24) is 14.4 Å². The molecular weight excluding hydrogens is 354 g/mol. The number of fused-ring (bicyclic) bond motifs is 1. The number of aromatic hydroxyl groups is 1. The van der Waals surface area contributed by atoms with Crippen LogP contribution in [0, 0.1) is 6.92 Å². The Kier molecular flexibility index (Phi) is 4.33. The maximum atomic E-state index is 12.4. The second kappa shape index (κ2) is 6.29. The summed E-state index contributed by atoms with van der Waals surface area (Å²) in [6.07, 6.45) is 1.59. The molecule has 7 nitrogen and oxygen atoms in total. The number of aromatic amines is 1. The number of methoxy groups -OCH3 is 1. The fourth-order valence-corrected chi connectivity index (χ4v) is 3.77. The first-order valence-electron chi connectivity index (χ1n) is 7.03. The molecule has 126 valence electrons. The number of H-pyrrole nitrogens is 1. The number of nitrogens with zero attached hydrogens (tertiary/aromatic N) is 2. The van der Waals surface area contributed by atoms with Crippen LogP contribution in [0.1, 0.15) is 29.3 Å². The van der Waals surface area contributed by atoms with Crippen molar-refractivity contribution in [1.29, 1.82) is 0 Å². The average molecular weight is 368 g/mol. The number of hydrogen-bond donors (Lipinski definition) is 2. The first-order chi connectivity index (χ1) is 11.4. The number of carbonyl (C=O) groups is 1. The van der Waals surface area contributed by atoms with Gasteiger partial charge in [-0.1, -0.05) is 11.6 Å². The highest BCUT2D eigenvalue weighted by Gasteiger charge is 2.30. The number of esters is 1. The number of aromatic nitrogens is 3. The lowest BCUT2D eigenvalue weighted by Crippen LogP contribution is -2.21. The van der Waals surface area contributed by atoms with Crippen LogP contribution in [0.25, 0.3) is 4.96 Å². The summed E-state index contributed by atoms with van der Waals surface area (Å²) in [6.45, 7) is 1.66. The molecule has 0 aliphatic carbocycles. The van der Waals surface area contributed by atoms with Gasteiger partial charge in [0.15, 0.2) is 10.1 Å². The number of rotatable bonds is 4. The third-order valence-electron chi connectivity index (χ3n) is 3.72. The molecule has 0 unspecified atom stereocenters. The predicted molar refractivity (Wildman–Crippen MR) is 90.0 cm³/mol. The minimum atomic E-state index is -0.793. The van der Waals surface area contributed by atoms with E-state index in [-0.39, 0.29) is 22.9 Å². The van der Waals surface area contributed by atoms with Gasteiger partial charge >= 0.3 is 5.97 Å². The topological polar surface area (TPSA) is 96.7 Å². The molecule has 3 heterocycles. The van der Waals surface area contributed by atoms with E-state index in [1.165, 1.54) is 24.5 Å². The summed E-state index contributed by atoms with van der Waals surface area (Å²) in [5.41, 5.74) is 0.546. The second-order valence-corrected chi connectivity index (χ2v) is 6.49. The number of nitrogens with one attached hydrogen (secondary N) is 1. The fourth-order valence-electron chi connectivity index (χ4n) is 2.69. The third kappa shape index (κ3) is 2.78. The Labute approximate surface area is 145 Å². The molecule has 2 N–H and O–H groups in total. The lowest BCUT2D eigenvalue weighted by Gasteiger charge is -2.17. The normalized spacial score (nSPS) is 12.5. The van der Waals surface area contributed by atoms with Crippen LogP contribution in [0.4, 0.5) is 0 Å². The molecule has 1 atom stereocenters. The molecule has 0 bridgehead atoms. The van der Waals surface area contributed by atoms with Crippen molar-refractivity contribution in [2.45, 2.75) is 19.3 Å². The highest BCUT2D eigenvalue weighted by molar-refractivity contribution is 7.15. The summed E-state index contributed by atoms with van der Waals surface area (Å²) in [7, 11) is 1.26. The van der Waals surface area contributed by atoms with E-state index in [0.717, 1.165) is 0 Å². The molecule has 0 radical (unpaired) electrons. The maximum absolute atomic E-state index is 12.4. The van der Waals surface area contributed by atoms with Crippen LogP contribution in [0.15, 0.2) is 22.4 Å². The molecule has 0 saturated heterocycles. The van der Waals surface area contributed by atoms with Crippen LogP contribution in [0.2, 0.25) is 5.15 Å². The Hall–Kier alpha value is -2.32. The van der Waals surface area contributed by atoms with Crippen molar-refractivity contribution < 1.29 is 14.6 Å². The fraction of sp³-hybridized carbons (Fsp3) is 0.267. The molecule has 0 saturated carbocycles. The molecule has 0 amide bonds. The van der Waals surface area contributed by atoms with Crippen LogP contribution in [0.3, 0.4) is 0 Å². The molecule has 24 heavy (non-hydrogen) atoms. The van der Waals surface area contributed by atoms with Crippen molar-refractivity contribution in [2.75, 3.05) is 7.11 Å². The van der Waals surface area contributed by atoms with Gasteiger partial charge in [0.05, 0.1) is 24.8 Å². The zero-order valence-electron chi connectivity index (χ0n) is 12.9. The summed E-state index contributed by atoms with van der Waals surface area (Å²) in [6, 6.07) is 1.43. The van der Waals surface area contributed by atoms with Gasteiger partial charge in [0.2, 0.25) is 0 Å².